The molecule has 1 aromatic rings. The van der Waals surface area contributed by atoms with Crippen LogP contribution >= 0.6 is 0 Å². The Morgan fingerprint density at radius 1 is 0.697 bits per heavy atom. The lowest BCUT2D eigenvalue weighted by molar-refractivity contribution is -0.254. The van der Waals surface area contributed by atoms with E-state index in [1.165, 1.54) is 32.1 Å². The quantitative estimate of drug-likeness (QED) is 0.0652. The van der Waals surface area contributed by atoms with Crippen LogP contribution in [0.3, 0.4) is 0 Å². The van der Waals surface area contributed by atoms with Crippen LogP contribution in [0.2, 0.25) is 0 Å². The third-order valence-corrected chi connectivity index (χ3v) is 6.44. The van der Waals surface area contributed by atoms with E-state index in [0.29, 0.717) is 25.6 Å². The van der Waals surface area contributed by atoms with Gasteiger partial charge in [0.25, 0.3) is 0 Å². The summed E-state index contributed by atoms with van der Waals surface area (Å²) in [6, 6.07) is 0.764. The molecule has 1 rings (SSSR count). The molecule has 0 fully saturated rings. The molecule has 2 nitrogen and oxygen atoms in total. The van der Waals surface area contributed by atoms with E-state index >= 15 is 0 Å². The Labute approximate surface area is 198 Å². The second-order valence-electron chi connectivity index (χ2n) is 9.05. The number of benzene rings is 1. The van der Waals surface area contributed by atoms with Gasteiger partial charge in [-0.3, -0.25) is 0 Å². The molecule has 0 aromatic heterocycles. The van der Waals surface area contributed by atoms with Gasteiger partial charge in [-0.15, -0.1) is 0 Å². The molecule has 6 heteroatoms. The molecule has 1 aromatic carbocycles. The number of hydrogen-bond acceptors (Lipinski definition) is 2. The Morgan fingerprint density at radius 3 is 1.76 bits per heavy atom. The van der Waals surface area contributed by atoms with Gasteiger partial charge in [0.2, 0.25) is 0 Å². The van der Waals surface area contributed by atoms with Crippen LogP contribution in [0.4, 0.5) is 17.6 Å². The Bertz CT molecular complexity index is 660. The number of rotatable bonds is 19. The molecular formula is C27H44F4O2. The Hall–Kier alpha value is -1.14. The zero-order valence-corrected chi connectivity index (χ0v) is 21.1. The van der Waals surface area contributed by atoms with Gasteiger partial charge in [-0.05, 0) is 58.1 Å². The van der Waals surface area contributed by atoms with Crippen molar-refractivity contribution in [2.24, 2.45) is 5.92 Å². The zero-order valence-electron chi connectivity index (χ0n) is 21.1. The molecule has 0 radical (unpaired) electrons. The molecular weight excluding hydrogens is 432 g/mol. The third-order valence-electron chi connectivity index (χ3n) is 6.44. The lowest BCUT2D eigenvalue weighted by atomic mass is 9.87. The minimum atomic E-state index is -1.75. The Balaban J connectivity index is 2.52. The van der Waals surface area contributed by atoms with Gasteiger partial charge >= 0.3 is 0 Å². The van der Waals surface area contributed by atoms with Crippen molar-refractivity contribution in [2.75, 3.05) is 13.2 Å². The van der Waals surface area contributed by atoms with Crippen molar-refractivity contribution in [1.82, 2.24) is 0 Å². The monoisotopic (exact) mass is 476 g/mol. The molecule has 0 aliphatic heterocycles. The van der Waals surface area contributed by atoms with Gasteiger partial charge in [0, 0.05) is 19.1 Å². The minimum absolute atomic E-state index is 0.104. The van der Waals surface area contributed by atoms with Crippen molar-refractivity contribution in [1.29, 1.82) is 0 Å². The zero-order chi connectivity index (χ0) is 24.7. The van der Waals surface area contributed by atoms with Crippen LogP contribution in [0.25, 0.3) is 0 Å². The topological polar surface area (TPSA) is 18.5 Å². The van der Waals surface area contributed by atoms with E-state index in [1.54, 1.807) is 0 Å². The molecule has 192 valence electrons. The molecule has 0 aliphatic carbocycles. The molecule has 0 bridgehead atoms. The van der Waals surface area contributed by atoms with Crippen molar-refractivity contribution in [3.8, 4) is 0 Å². The summed E-state index contributed by atoms with van der Waals surface area (Å²) >= 11 is 0. The first-order valence-electron chi connectivity index (χ1n) is 12.9. The Morgan fingerprint density at radius 2 is 1.21 bits per heavy atom. The highest BCUT2D eigenvalue weighted by atomic mass is 19.2. The fraction of sp³-hybridized carbons (Fsp3) is 0.778. The molecule has 0 amide bonds. The van der Waals surface area contributed by atoms with Crippen molar-refractivity contribution < 1.29 is 27.0 Å². The van der Waals surface area contributed by atoms with Crippen LogP contribution in [0.5, 0.6) is 0 Å². The molecule has 0 saturated carbocycles. The van der Waals surface area contributed by atoms with E-state index in [9.17, 15) is 17.6 Å². The summed E-state index contributed by atoms with van der Waals surface area (Å²) in [4.78, 5) is 0. The minimum Gasteiger partial charge on any atom is -0.350 e. The van der Waals surface area contributed by atoms with Gasteiger partial charge in [-0.1, -0.05) is 64.7 Å². The van der Waals surface area contributed by atoms with Crippen LogP contribution in [0.1, 0.15) is 110 Å². The molecule has 0 heterocycles. The number of halogens is 4. The van der Waals surface area contributed by atoms with Crippen LogP contribution in [-0.2, 0) is 15.9 Å². The SMILES string of the molecule is CCCCCCCCC(CCCCCCc1cc(F)c(F)c(F)c1F)C(C)(OCC)OCC. The number of hydrogen-bond donors (Lipinski definition) is 0. The van der Waals surface area contributed by atoms with Crippen LogP contribution in [-0.4, -0.2) is 19.0 Å². The highest BCUT2D eigenvalue weighted by Crippen LogP contribution is 2.33. The molecule has 1 atom stereocenters. The van der Waals surface area contributed by atoms with Crippen LogP contribution < -0.4 is 0 Å². The summed E-state index contributed by atoms with van der Waals surface area (Å²) in [6.07, 6.45) is 13.0. The van der Waals surface area contributed by atoms with E-state index in [1.807, 2.05) is 20.8 Å². The van der Waals surface area contributed by atoms with Gasteiger partial charge in [0.05, 0.1) is 0 Å². The maximum absolute atomic E-state index is 13.8. The van der Waals surface area contributed by atoms with E-state index in [4.69, 9.17) is 9.47 Å². The predicted molar refractivity (Wildman–Crippen MR) is 126 cm³/mol. The lowest BCUT2D eigenvalue weighted by Crippen LogP contribution is -2.41. The maximum atomic E-state index is 13.8. The van der Waals surface area contributed by atoms with Gasteiger partial charge in [0.1, 0.15) is 0 Å². The second kappa shape index (κ2) is 16.5. The summed E-state index contributed by atoms with van der Waals surface area (Å²) in [5, 5.41) is 0. The number of aryl methyl sites for hydroxylation is 1. The summed E-state index contributed by atoms with van der Waals surface area (Å²) < 4.78 is 65.7. The third kappa shape index (κ3) is 10.3. The van der Waals surface area contributed by atoms with E-state index in [0.717, 1.165) is 44.6 Å². The average Bonchev–Trinajstić information content (AvgIpc) is 2.78. The first kappa shape index (κ1) is 29.9. The summed E-state index contributed by atoms with van der Waals surface area (Å²) in [5.41, 5.74) is -0.104. The summed E-state index contributed by atoms with van der Waals surface area (Å²) in [6.45, 7) is 9.43. The van der Waals surface area contributed by atoms with E-state index < -0.39 is 29.1 Å². The van der Waals surface area contributed by atoms with Crippen LogP contribution in [0, 0.1) is 29.2 Å². The normalized spacial score (nSPS) is 13.0. The second-order valence-corrected chi connectivity index (χ2v) is 9.05. The lowest BCUT2D eigenvalue weighted by Gasteiger charge is -2.37. The molecule has 1 unspecified atom stereocenters. The fourth-order valence-electron chi connectivity index (χ4n) is 4.55. The van der Waals surface area contributed by atoms with Gasteiger partial charge in [-0.2, -0.15) is 0 Å². The van der Waals surface area contributed by atoms with Crippen molar-refractivity contribution >= 4 is 0 Å². The fourth-order valence-corrected chi connectivity index (χ4v) is 4.55. The van der Waals surface area contributed by atoms with Crippen molar-refractivity contribution in [2.45, 2.75) is 117 Å². The highest BCUT2D eigenvalue weighted by Gasteiger charge is 2.34. The maximum Gasteiger partial charge on any atom is 0.197 e. The van der Waals surface area contributed by atoms with Gasteiger partial charge < -0.3 is 9.47 Å². The van der Waals surface area contributed by atoms with Gasteiger partial charge in [0.15, 0.2) is 29.1 Å². The highest BCUT2D eigenvalue weighted by molar-refractivity contribution is 5.21. The Kier molecular flexibility index (Phi) is 14.9. The standard InChI is InChI=1S/C27H44F4O2/c1-5-8-9-10-11-15-18-22(27(4,32-6-2)33-7-3)19-16-13-12-14-17-21-20-23(28)25(30)26(31)24(21)29/h20,22H,5-19H2,1-4H3. The van der Waals surface area contributed by atoms with E-state index in [-0.39, 0.29) is 12.0 Å². The molecule has 0 N–H and O–H groups in total. The van der Waals surface area contributed by atoms with Gasteiger partial charge in [-0.25, -0.2) is 17.6 Å². The summed E-state index contributed by atoms with van der Waals surface area (Å²) in [7, 11) is 0. The molecule has 0 aliphatic rings. The van der Waals surface area contributed by atoms with Crippen molar-refractivity contribution in [3.05, 3.63) is 34.9 Å². The summed E-state index contributed by atoms with van der Waals surface area (Å²) in [5.74, 6) is -6.40. The number of ether oxygens (including phenoxy) is 2. The average molecular weight is 477 g/mol. The number of unbranched alkanes of at least 4 members (excludes halogenated alkanes) is 8. The first-order valence-corrected chi connectivity index (χ1v) is 12.9. The van der Waals surface area contributed by atoms with E-state index in [2.05, 4.69) is 6.92 Å². The smallest absolute Gasteiger partial charge is 0.197 e. The van der Waals surface area contributed by atoms with Crippen LogP contribution in [0.15, 0.2) is 6.07 Å². The van der Waals surface area contributed by atoms with Crippen molar-refractivity contribution in [3.63, 3.8) is 0 Å². The molecule has 33 heavy (non-hydrogen) atoms. The molecule has 0 saturated heterocycles. The molecule has 0 spiro atoms. The predicted octanol–water partition coefficient (Wildman–Crippen LogP) is 8.89. The first-order chi connectivity index (χ1) is 15.8. The largest absolute Gasteiger partial charge is 0.350 e.